The number of anilines is 1. The Bertz CT molecular complexity index is 1340. The summed E-state index contributed by atoms with van der Waals surface area (Å²) in [7, 11) is -3.63. The van der Waals surface area contributed by atoms with Crippen LogP contribution < -0.4 is 10.5 Å². The molecular formula is C22H20N4O2S4. The lowest BCUT2D eigenvalue weighted by Gasteiger charge is -2.09. The molecule has 0 aliphatic rings. The third kappa shape index (κ3) is 5.39. The van der Waals surface area contributed by atoms with Crippen molar-refractivity contribution in [2.24, 2.45) is 5.73 Å². The Morgan fingerprint density at radius 3 is 2.47 bits per heavy atom. The van der Waals surface area contributed by atoms with Crippen LogP contribution in [-0.2, 0) is 15.8 Å². The van der Waals surface area contributed by atoms with E-state index in [0.717, 1.165) is 37.4 Å². The average Bonchev–Trinajstić information content (AvgIpc) is 3.43. The van der Waals surface area contributed by atoms with Crippen LogP contribution in [0.1, 0.15) is 15.4 Å². The highest BCUT2D eigenvalue weighted by atomic mass is 32.2. The third-order valence-electron chi connectivity index (χ3n) is 4.52. The second-order valence-corrected chi connectivity index (χ2v) is 11.6. The van der Waals surface area contributed by atoms with Gasteiger partial charge in [0.25, 0.3) is 10.0 Å². The van der Waals surface area contributed by atoms with Crippen LogP contribution in [0.2, 0.25) is 0 Å². The fraction of sp³-hybridized carbons (Fsp3) is 0.0909. The minimum atomic E-state index is -3.63. The molecule has 32 heavy (non-hydrogen) atoms. The number of sulfonamides is 1. The van der Waals surface area contributed by atoms with E-state index in [2.05, 4.69) is 4.72 Å². The summed E-state index contributed by atoms with van der Waals surface area (Å²) in [5, 5.41) is 12.5. The van der Waals surface area contributed by atoms with E-state index in [4.69, 9.17) is 16.1 Å². The van der Waals surface area contributed by atoms with Crippen LogP contribution in [0.4, 0.5) is 5.69 Å². The number of nitrogen functional groups attached to an aromatic ring is 1. The number of thiophene rings is 1. The number of hydrogen-bond acceptors (Lipinski definition) is 7. The molecule has 4 rings (SSSR count). The summed E-state index contributed by atoms with van der Waals surface area (Å²) in [6, 6.07) is 15.9. The van der Waals surface area contributed by atoms with E-state index in [1.807, 2.05) is 35.9 Å². The van der Waals surface area contributed by atoms with Gasteiger partial charge in [0.05, 0.1) is 21.2 Å². The summed E-state index contributed by atoms with van der Waals surface area (Å²) in [6.45, 7) is 1.91. The molecule has 0 fully saturated rings. The molecule has 4 aromatic rings. The van der Waals surface area contributed by atoms with Gasteiger partial charge in [-0.1, -0.05) is 29.8 Å². The quantitative estimate of drug-likeness (QED) is 0.167. The molecule has 0 atom stereocenters. The Kier molecular flexibility index (Phi) is 6.66. The summed E-state index contributed by atoms with van der Waals surface area (Å²) >= 11 is 4.70. The van der Waals surface area contributed by atoms with Crippen LogP contribution in [-0.4, -0.2) is 19.2 Å². The summed E-state index contributed by atoms with van der Waals surface area (Å²) in [4.78, 5) is 6.76. The lowest BCUT2D eigenvalue weighted by Crippen LogP contribution is -2.12. The number of amidine groups is 1. The van der Waals surface area contributed by atoms with Crippen molar-refractivity contribution in [1.82, 2.24) is 4.98 Å². The predicted octanol–water partition coefficient (Wildman–Crippen LogP) is 5.56. The average molecular weight is 501 g/mol. The number of thioether (sulfide) groups is 1. The number of hydrogen-bond donors (Lipinski definition) is 3. The first-order valence-corrected chi connectivity index (χ1v) is 13.7. The number of benzene rings is 2. The Hall–Kier alpha value is -2.66. The number of nitrogens with zero attached hydrogens (tertiary/aromatic N) is 1. The van der Waals surface area contributed by atoms with Crippen LogP contribution in [0, 0.1) is 12.3 Å². The van der Waals surface area contributed by atoms with Crippen LogP contribution in [0.5, 0.6) is 0 Å². The van der Waals surface area contributed by atoms with Gasteiger partial charge in [-0.3, -0.25) is 10.1 Å². The van der Waals surface area contributed by atoms with E-state index < -0.39 is 10.0 Å². The molecule has 0 radical (unpaired) electrons. The van der Waals surface area contributed by atoms with Crippen molar-refractivity contribution >= 4 is 56.0 Å². The maximum atomic E-state index is 12.6. The smallest absolute Gasteiger partial charge is 0.261 e. The van der Waals surface area contributed by atoms with Crippen LogP contribution >= 0.6 is 34.4 Å². The molecule has 2 heterocycles. The number of rotatable bonds is 8. The van der Waals surface area contributed by atoms with Crippen molar-refractivity contribution in [2.45, 2.75) is 22.5 Å². The monoisotopic (exact) mass is 500 g/mol. The Labute approximate surface area is 199 Å². The van der Waals surface area contributed by atoms with E-state index in [9.17, 15) is 8.42 Å². The number of aryl methyl sites for hydroxylation is 1. The topological polar surface area (TPSA) is 109 Å². The van der Waals surface area contributed by atoms with Crippen molar-refractivity contribution in [3.63, 3.8) is 0 Å². The van der Waals surface area contributed by atoms with Crippen molar-refractivity contribution < 1.29 is 8.42 Å². The van der Waals surface area contributed by atoms with Gasteiger partial charge in [0.15, 0.2) is 0 Å². The minimum absolute atomic E-state index is 0.0861. The summed E-state index contributed by atoms with van der Waals surface area (Å²) in [6.07, 6.45) is 0. The molecule has 0 saturated carbocycles. The van der Waals surface area contributed by atoms with Crippen LogP contribution in [0.25, 0.3) is 11.3 Å². The van der Waals surface area contributed by atoms with E-state index in [0.29, 0.717) is 5.69 Å². The second-order valence-electron chi connectivity index (χ2n) is 6.97. The van der Waals surface area contributed by atoms with Crippen molar-refractivity contribution in [1.29, 1.82) is 5.41 Å². The maximum absolute atomic E-state index is 12.6. The van der Waals surface area contributed by atoms with Gasteiger partial charge >= 0.3 is 0 Å². The highest BCUT2D eigenvalue weighted by Crippen LogP contribution is 2.31. The lowest BCUT2D eigenvalue weighted by molar-refractivity contribution is 0.601. The Balaban J connectivity index is 1.40. The molecule has 2 aromatic heterocycles. The van der Waals surface area contributed by atoms with Gasteiger partial charge in [0.2, 0.25) is 0 Å². The SMILES string of the molecule is Cc1ccc(S(=O)(=O)Nc2ccc(-c3csc(CSc4csc(C(=N)N)c4)n3)cc2)cc1. The molecule has 0 saturated heterocycles. The van der Waals surface area contributed by atoms with Crippen LogP contribution in [0.3, 0.4) is 0 Å². The summed E-state index contributed by atoms with van der Waals surface area (Å²) < 4.78 is 27.7. The zero-order chi connectivity index (χ0) is 22.7. The molecule has 0 bridgehead atoms. The normalized spacial score (nSPS) is 11.4. The van der Waals surface area contributed by atoms with Gasteiger partial charge < -0.3 is 5.73 Å². The Morgan fingerprint density at radius 1 is 1.09 bits per heavy atom. The molecule has 4 N–H and O–H groups in total. The molecule has 0 amide bonds. The zero-order valence-corrected chi connectivity index (χ0v) is 20.3. The summed E-state index contributed by atoms with van der Waals surface area (Å²) in [5.74, 6) is 0.815. The molecule has 0 aliphatic carbocycles. The first kappa shape index (κ1) is 22.5. The molecule has 2 aromatic carbocycles. The number of aromatic nitrogens is 1. The van der Waals surface area contributed by atoms with E-state index >= 15 is 0 Å². The highest BCUT2D eigenvalue weighted by molar-refractivity contribution is 7.98. The van der Waals surface area contributed by atoms with Gasteiger partial charge in [-0.25, -0.2) is 13.4 Å². The van der Waals surface area contributed by atoms with Gasteiger partial charge in [-0.05, 0) is 37.3 Å². The van der Waals surface area contributed by atoms with Gasteiger partial charge in [-0.2, -0.15) is 0 Å². The van der Waals surface area contributed by atoms with Gasteiger partial charge in [0.1, 0.15) is 10.8 Å². The van der Waals surface area contributed by atoms with Gasteiger partial charge in [0, 0.05) is 26.9 Å². The molecule has 0 spiro atoms. The van der Waals surface area contributed by atoms with Crippen molar-refractivity contribution in [2.75, 3.05) is 4.72 Å². The van der Waals surface area contributed by atoms with E-state index in [-0.39, 0.29) is 10.7 Å². The number of nitrogens with two attached hydrogens (primary N) is 1. The van der Waals surface area contributed by atoms with Gasteiger partial charge in [-0.15, -0.1) is 34.4 Å². The molecule has 0 unspecified atom stereocenters. The van der Waals surface area contributed by atoms with Crippen molar-refractivity contribution in [3.8, 4) is 11.3 Å². The Morgan fingerprint density at radius 2 is 1.81 bits per heavy atom. The third-order valence-corrected chi connectivity index (χ3v) is 9.05. The van der Waals surface area contributed by atoms with E-state index in [1.54, 1.807) is 59.5 Å². The standard InChI is InChI=1S/C22H20N4O2S4/c1-14-2-8-18(9-3-14)32(27,28)26-16-6-4-15(5-7-16)19-12-31-21(25-19)13-29-17-10-20(22(23)24)30-11-17/h2-12,26H,13H2,1H3,(H3,23,24). The predicted molar refractivity (Wildman–Crippen MR) is 134 cm³/mol. The number of nitrogens with one attached hydrogen (secondary N) is 2. The highest BCUT2D eigenvalue weighted by Gasteiger charge is 2.14. The molecule has 164 valence electrons. The first-order valence-electron chi connectivity index (χ1n) is 9.50. The molecule has 0 aliphatic heterocycles. The first-order chi connectivity index (χ1) is 15.3. The van der Waals surface area contributed by atoms with Crippen LogP contribution in [0.15, 0.2) is 75.1 Å². The van der Waals surface area contributed by atoms with Crippen molar-refractivity contribution in [3.05, 3.63) is 80.8 Å². The van der Waals surface area contributed by atoms with E-state index in [1.165, 1.54) is 11.3 Å². The molecular weight excluding hydrogens is 481 g/mol. The maximum Gasteiger partial charge on any atom is 0.261 e. The largest absolute Gasteiger partial charge is 0.383 e. The molecule has 6 nitrogen and oxygen atoms in total. The summed E-state index contributed by atoms with van der Waals surface area (Å²) in [5.41, 5.74) is 8.80. The second kappa shape index (κ2) is 9.45. The fourth-order valence-corrected chi connectivity index (χ4v) is 6.61. The minimum Gasteiger partial charge on any atom is -0.383 e. The molecule has 10 heteroatoms. The fourth-order valence-electron chi connectivity index (χ4n) is 2.83. The number of thiazole rings is 1. The zero-order valence-electron chi connectivity index (χ0n) is 17.0. The lowest BCUT2D eigenvalue weighted by atomic mass is 10.1.